The first-order valence-electron chi connectivity index (χ1n) is 7.12. The zero-order chi connectivity index (χ0) is 16.0. The SMILES string of the molecule is CC(CO)CCCNC(=O)c1cc([N+](=O)[O-])cn1C(C)C. The number of nitro groups is 1. The molecule has 1 atom stereocenters. The maximum absolute atomic E-state index is 12.1. The fraction of sp³-hybridized carbons (Fsp3) is 0.643. The third kappa shape index (κ3) is 4.86. The van der Waals surface area contributed by atoms with E-state index >= 15 is 0 Å². The van der Waals surface area contributed by atoms with Crippen molar-refractivity contribution in [2.75, 3.05) is 13.2 Å². The molecule has 1 unspecified atom stereocenters. The number of aliphatic hydroxyl groups excluding tert-OH is 1. The second-order valence-corrected chi connectivity index (χ2v) is 5.53. The summed E-state index contributed by atoms with van der Waals surface area (Å²) < 4.78 is 1.60. The second-order valence-electron chi connectivity index (χ2n) is 5.53. The molecule has 0 bridgehead atoms. The summed E-state index contributed by atoms with van der Waals surface area (Å²) in [5.41, 5.74) is 0.217. The van der Waals surface area contributed by atoms with Crippen LogP contribution in [0.5, 0.6) is 0 Å². The first kappa shape index (κ1) is 17.2. The average Bonchev–Trinajstić information content (AvgIpc) is 2.88. The molecule has 1 rings (SSSR count). The normalized spacial score (nSPS) is 12.4. The van der Waals surface area contributed by atoms with Gasteiger partial charge in [-0.25, -0.2) is 0 Å². The van der Waals surface area contributed by atoms with Crippen molar-refractivity contribution in [1.29, 1.82) is 0 Å². The quantitative estimate of drug-likeness (QED) is 0.436. The fourth-order valence-electron chi connectivity index (χ4n) is 2.01. The summed E-state index contributed by atoms with van der Waals surface area (Å²) >= 11 is 0. The molecular weight excluding hydrogens is 274 g/mol. The molecule has 118 valence electrons. The standard InChI is InChI=1S/C14H23N3O4/c1-10(2)16-8-12(17(20)21)7-13(16)14(19)15-6-4-5-11(3)9-18/h7-8,10-11,18H,4-6,9H2,1-3H3,(H,15,19). The van der Waals surface area contributed by atoms with Gasteiger partial charge >= 0.3 is 0 Å². The molecule has 0 aliphatic rings. The zero-order valence-corrected chi connectivity index (χ0v) is 12.7. The first-order chi connectivity index (χ1) is 9.86. The van der Waals surface area contributed by atoms with E-state index < -0.39 is 4.92 Å². The van der Waals surface area contributed by atoms with E-state index in [1.54, 1.807) is 4.57 Å². The van der Waals surface area contributed by atoms with Crippen LogP contribution in [0, 0.1) is 16.0 Å². The number of hydrogen-bond donors (Lipinski definition) is 2. The van der Waals surface area contributed by atoms with Crippen LogP contribution in [0.25, 0.3) is 0 Å². The number of nitrogens with one attached hydrogen (secondary N) is 1. The van der Waals surface area contributed by atoms with E-state index in [1.165, 1.54) is 12.3 Å². The second kappa shape index (κ2) is 7.78. The van der Waals surface area contributed by atoms with E-state index in [2.05, 4.69) is 5.32 Å². The Morgan fingerprint density at radius 2 is 2.14 bits per heavy atom. The summed E-state index contributed by atoms with van der Waals surface area (Å²) in [4.78, 5) is 22.4. The summed E-state index contributed by atoms with van der Waals surface area (Å²) in [6, 6.07) is 1.26. The maximum Gasteiger partial charge on any atom is 0.287 e. The molecule has 0 saturated heterocycles. The van der Waals surface area contributed by atoms with Crippen LogP contribution in [-0.4, -0.2) is 33.7 Å². The lowest BCUT2D eigenvalue weighted by Crippen LogP contribution is -2.27. The van der Waals surface area contributed by atoms with Gasteiger partial charge in [-0.2, -0.15) is 0 Å². The van der Waals surface area contributed by atoms with Gasteiger partial charge in [-0.1, -0.05) is 6.92 Å². The predicted octanol–water partition coefficient (Wildman–Crippen LogP) is 2.12. The lowest BCUT2D eigenvalue weighted by Gasteiger charge is -2.12. The molecule has 1 amide bonds. The minimum atomic E-state index is -0.501. The van der Waals surface area contributed by atoms with Gasteiger partial charge < -0.3 is 15.0 Å². The van der Waals surface area contributed by atoms with Gasteiger partial charge in [0.1, 0.15) is 5.69 Å². The van der Waals surface area contributed by atoms with E-state index in [0.29, 0.717) is 12.2 Å². The maximum atomic E-state index is 12.1. The highest BCUT2D eigenvalue weighted by atomic mass is 16.6. The van der Waals surface area contributed by atoms with Crippen molar-refractivity contribution in [2.24, 2.45) is 5.92 Å². The highest BCUT2D eigenvalue weighted by molar-refractivity contribution is 5.93. The number of amides is 1. The van der Waals surface area contributed by atoms with Crippen molar-refractivity contribution < 1.29 is 14.8 Å². The molecule has 1 aromatic rings. The van der Waals surface area contributed by atoms with E-state index in [9.17, 15) is 14.9 Å². The number of carbonyl (C=O) groups is 1. The van der Waals surface area contributed by atoms with Gasteiger partial charge in [-0.15, -0.1) is 0 Å². The van der Waals surface area contributed by atoms with Gasteiger partial charge in [0.25, 0.3) is 11.6 Å². The molecule has 0 aliphatic heterocycles. The number of aromatic nitrogens is 1. The molecule has 2 N–H and O–H groups in total. The number of rotatable bonds is 8. The molecule has 7 nitrogen and oxygen atoms in total. The van der Waals surface area contributed by atoms with Crippen LogP contribution in [0.15, 0.2) is 12.3 Å². The minimum absolute atomic E-state index is 0.0335. The number of aliphatic hydroxyl groups is 1. The van der Waals surface area contributed by atoms with Gasteiger partial charge in [0.2, 0.25) is 0 Å². The molecule has 0 saturated carbocycles. The third-order valence-electron chi connectivity index (χ3n) is 3.30. The third-order valence-corrected chi connectivity index (χ3v) is 3.30. The number of hydrogen-bond acceptors (Lipinski definition) is 4. The van der Waals surface area contributed by atoms with Crippen LogP contribution in [-0.2, 0) is 0 Å². The molecule has 7 heteroatoms. The minimum Gasteiger partial charge on any atom is -0.396 e. The Balaban J connectivity index is 2.66. The molecular formula is C14H23N3O4. The highest BCUT2D eigenvalue weighted by Gasteiger charge is 2.20. The van der Waals surface area contributed by atoms with Crippen molar-refractivity contribution in [3.63, 3.8) is 0 Å². The molecule has 0 spiro atoms. The van der Waals surface area contributed by atoms with Gasteiger partial charge in [0.15, 0.2) is 0 Å². The van der Waals surface area contributed by atoms with Gasteiger partial charge in [-0.05, 0) is 32.6 Å². The van der Waals surface area contributed by atoms with Crippen molar-refractivity contribution in [3.05, 3.63) is 28.1 Å². The fourth-order valence-corrected chi connectivity index (χ4v) is 2.01. The zero-order valence-electron chi connectivity index (χ0n) is 12.7. The molecule has 21 heavy (non-hydrogen) atoms. The van der Waals surface area contributed by atoms with Crippen LogP contribution in [0.1, 0.15) is 50.1 Å². The van der Waals surface area contributed by atoms with Gasteiger partial charge in [0, 0.05) is 25.3 Å². The van der Waals surface area contributed by atoms with E-state index in [1.807, 2.05) is 20.8 Å². The van der Waals surface area contributed by atoms with Crippen LogP contribution in [0.3, 0.4) is 0 Å². The molecule has 0 aromatic carbocycles. The Morgan fingerprint density at radius 1 is 1.48 bits per heavy atom. The number of carbonyl (C=O) groups excluding carboxylic acids is 1. The predicted molar refractivity (Wildman–Crippen MR) is 79.3 cm³/mol. The van der Waals surface area contributed by atoms with E-state index in [4.69, 9.17) is 5.11 Å². The summed E-state index contributed by atoms with van der Waals surface area (Å²) in [5.74, 6) is -0.101. The molecule has 1 heterocycles. The summed E-state index contributed by atoms with van der Waals surface area (Å²) in [5, 5.41) is 22.5. The summed E-state index contributed by atoms with van der Waals surface area (Å²) in [6.45, 7) is 6.29. The largest absolute Gasteiger partial charge is 0.396 e. The van der Waals surface area contributed by atoms with Crippen molar-refractivity contribution in [3.8, 4) is 0 Å². The van der Waals surface area contributed by atoms with Gasteiger partial charge in [0.05, 0.1) is 11.1 Å². The van der Waals surface area contributed by atoms with E-state index in [0.717, 1.165) is 12.8 Å². The van der Waals surface area contributed by atoms with E-state index in [-0.39, 0.29) is 30.2 Å². The smallest absolute Gasteiger partial charge is 0.287 e. The monoisotopic (exact) mass is 297 g/mol. The lowest BCUT2D eigenvalue weighted by atomic mass is 10.1. The Morgan fingerprint density at radius 3 is 2.67 bits per heavy atom. The number of nitrogens with zero attached hydrogens (tertiary/aromatic N) is 2. The highest BCUT2D eigenvalue weighted by Crippen LogP contribution is 2.20. The van der Waals surface area contributed by atoms with Gasteiger partial charge in [-0.3, -0.25) is 14.9 Å². The Hall–Kier alpha value is -1.89. The summed E-state index contributed by atoms with van der Waals surface area (Å²) in [6.07, 6.45) is 2.97. The van der Waals surface area contributed by atoms with Crippen molar-refractivity contribution in [1.82, 2.24) is 9.88 Å². The van der Waals surface area contributed by atoms with Crippen molar-refractivity contribution >= 4 is 11.6 Å². The van der Waals surface area contributed by atoms with Crippen LogP contribution >= 0.6 is 0 Å². The average molecular weight is 297 g/mol. The first-order valence-corrected chi connectivity index (χ1v) is 7.12. The lowest BCUT2D eigenvalue weighted by molar-refractivity contribution is -0.384. The molecule has 1 aromatic heterocycles. The summed E-state index contributed by atoms with van der Waals surface area (Å²) in [7, 11) is 0. The Bertz CT molecular complexity index is 496. The molecule has 0 fully saturated rings. The molecule has 0 aliphatic carbocycles. The van der Waals surface area contributed by atoms with Crippen LogP contribution < -0.4 is 5.32 Å². The Labute approximate surface area is 124 Å². The topological polar surface area (TPSA) is 97.4 Å². The molecule has 0 radical (unpaired) electrons. The Kier molecular flexibility index (Phi) is 6.36. The van der Waals surface area contributed by atoms with Crippen LogP contribution in [0.2, 0.25) is 0 Å². The van der Waals surface area contributed by atoms with Crippen LogP contribution in [0.4, 0.5) is 5.69 Å². The van der Waals surface area contributed by atoms with Crippen molar-refractivity contribution in [2.45, 2.75) is 39.7 Å².